The van der Waals surface area contributed by atoms with Crippen molar-refractivity contribution in [3.8, 4) is 0 Å². The molecule has 0 saturated heterocycles. The number of furan rings is 1. The van der Waals surface area contributed by atoms with Crippen molar-refractivity contribution in [2.24, 2.45) is 0 Å². The van der Waals surface area contributed by atoms with E-state index < -0.39 is 0 Å². The van der Waals surface area contributed by atoms with Gasteiger partial charge < -0.3 is 9.73 Å². The van der Waals surface area contributed by atoms with E-state index >= 15 is 0 Å². The van der Waals surface area contributed by atoms with Gasteiger partial charge in [0.15, 0.2) is 5.76 Å². The molecule has 0 unspecified atom stereocenters. The summed E-state index contributed by atoms with van der Waals surface area (Å²) in [5, 5.41) is 3.88. The Bertz CT molecular complexity index is 857. The Morgan fingerprint density at radius 3 is 2.27 bits per heavy atom. The molecule has 0 saturated carbocycles. The van der Waals surface area contributed by atoms with Crippen molar-refractivity contribution in [1.29, 1.82) is 0 Å². The molecule has 0 aliphatic rings. The predicted octanol–water partition coefficient (Wildman–Crippen LogP) is 4.92. The number of anilines is 1. The van der Waals surface area contributed by atoms with Gasteiger partial charge in [-0.3, -0.25) is 4.79 Å². The van der Waals surface area contributed by atoms with Crippen molar-refractivity contribution in [3.63, 3.8) is 0 Å². The zero-order chi connectivity index (χ0) is 15.9. The molecular formula is C19H19NO2. The highest BCUT2D eigenvalue weighted by Gasteiger charge is 2.18. The molecule has 0 atom stereocenters. The first-order valence-electron chi connectivity index (χ1n) is 7.34. The third kappa shape index (κ3) is 2.50. The van der Waals surface area contributed by atoms with E-state index in [4.69, 9.17) is 4.42 Å². The Labute approximate surface area is 130 Å². The van der Waals surface area contributed by atoms with Crippen LogP contribution in [-0.4, -0.2) is 5.91 Å². The second kappa shape index (κ2) is 5.34. The zero-order valence-electron chi connectivity index (χ0n) is 13.3. The molecule has 3 rings (SSSR count). The van der Waals surface area contributed by atoms with Crippen LogP contribution >= 0.6 is 0 Å². The fourth-order valence-electron chi connectivity index (χ4n) is 2.52. The number of hydrogen-bond donors (Lipinski definition) is 1. The molecule has 3 nitrogen and oxygen atoms in total. The minimum atomic E-state index is -0.215. The van der Waals surface area contributed by atoms with E-state index in [2.05, 4.69) is 18.3 Å². The molecule has 3 aromatic rings. The summed E-state index contributed by atoms with van der Waals surface area (Å²) in [6.45, 7) is 8.04. The molecule has 1 heterocycles. The quantitative estimate of drug-likeness (QED) is 0.728. The van der Waals surface area contributed by atoms with Gasteiger partial charge in [-0.15, -0.1) is 0 Å². The van der Waals surface area contributed by atoms with Gasteiger partial charge >= 0.3 is 0 Å². The van der Waals surface area contributed by atoms with Crippen molar-refractivity contribution in [2.45, 2.75) is 27.7 Å². The fraction of sp³-hybridized carbons (Fsp3) is 0.211. The van der Waals surface area contributed by atoms with Crippen LogP contribution in [0.25, 0.3) is 11.0 Å². The van der Waals surface area contributed by atoms with Gasteiger partial charge in [0.05, 0.1) is 0 Å². The maximum Gasteiger partial charge on any atom is 0.291 e. The minimum absolute atomic E-state index is 0.215. The molecule has 0 aliphatic carbocycles. The summed E-state index contributed by atoms with van der Waals surface area (Å²) >= 11 is 0. The fourth-order valence-corrected chi connectivity index (χ4v) is 2.52. The molecular weight excluding hydrogens is 274 g/mol. The maximum absolute atomic E-state index is 12.5. The predicted molar refractivity (Wildman–Crippen MR) is 89.6 cm³/mol. The van der Waals surface area contributed by atoms with Gasteiger partial charge in [-0.05, 0) is 63.1 Å². The normalized spacial score (nSPS) is 10.9. The first-order valence-corrected chi connectivity index (χ1v) is 7.34. The summed E-state index contributed by atoms with van der Waals surface area (Å²) in [7, 11) is 0. The highest BCUT2D eigenvalue weighted by molar-refractivity contribution is 6.06. The molecule has 0 fully saturated rings. The van der Waals surface area contributed by atoms with E-state index in [-0.39, 0.29) is 5.91 Å². The highest BCUT2D eigenvalue weighted by Crippen LogP contribution is 2.28. The maximum atomic E-state index is 12.5. The lowest BCUT2D eigenvalue weighted by atomic mass is 10.0. The number of aryl methyl sites for hydroxylation is 4. The number of rotatable bonds is 2. The van der Waals surface area contributed by atoms with E-state index in [9.17, 15) is 4.79 Å². The van der Waals surface area contributed by atoms with Crippen LogP contribution in [0.4, 0.5) is 5.69 Å². The summed E-state index contributed by atoms with van der Waals surface area (Å²) in [5.41, 5.74) is 5.91. The van der Waals surface area contributed by atoms with E-state index in [1.165, 1.54) is 5.56 Å². The Morgan fingerprint density at radius 2 is 1.59 bits per heavy atom. The largest absolute Gasteiger partial charge is 0.451 e. The van der Waals surface area contributed by atoms with Crippen LogP contribution in [0.5, 0.6) is 0 Å². The van der Waals surface area contributed by atoms with E-state index in [1.807, 2.05) is 51.1 Å². The van der Waals surface area contributed by atoms with Gasteiger partial charge in [-0.25, -0.2) is 0 Å². The van der Waals surface area contributed by atoms with Crippen molar-refractivity contribution in [3.05, 3.63) is 64.4 Å². The minimum Gasteiger partial charge on any atom is -0.451 e. The summed E-state index contributed by atoms with van der Waals surface area (Å²) in [6.07, 6.45) is 0. The third-order valence-corrected chi connectivity index (χ3v) is 4.07. The lowest BCUT2D eigenvalue weighted by molar-refractivity contribution is 0.0998. The molecule has 1 N–H and O–H groups in total. The Kier molecular flexibility index (Phi) is 3.49. The monoisotopic (exact) mass is 293 g/mol. The lowest BCUT2D eigenvalue weighted by Crippen LogP contribution is -2.11. The second-order valence-electron chi connectivity index (χ2n) is 5.81. The van der Waals surface area contributed by atoms with Crippen molar-refractivity contribution < 1.29 is 9.21 Å². The number of amides is 1. The first-order chi connectivity index (χ1) is 10.5. The van der Waals surface area contributed by atoms with Crippen LogP contribution in [0.15, 0.2) is 40.8 Å². The number of fused-ring (bicyclic) bond motifs is 1. The molecule has 0 spiro atoms. The number of benzene rings is 2. The number of carbonyl (C=O) groups is 1. The van der Waals surface area contributed by atoms with Gasteiger partial charge in [0.25, 0.3) is 5.91 Å². The molecule has 0 bridgehead atoms. The van der Waals surface area contributed by atoms with E-state index in [0.717, 1.165) is 33.3 Å². The van der Waals surface area contributed by atoms with Gasteiger partial charge in [-0.1, -0.05) is 17.7 Å². The third-order valence-electron chi connectivity index (χ3n) is 4.07. The molecule has 1 amide bonds. The van der Waals surface area contributed by atoms with Crippen molar-refractivity contribution >= 4 is 22.6 Å². The van der Waals surface area contributed by atoms with Crippen molar-refractivity contribution in [1.82, 2.24) is 0 Å². The lowest BCUT2D eigenvalue weighted by Gasteiger charge is -2.04. The molecule has 22 heavy (non-hydrogen) atoms. The Hall–Kier alpha value is -2.55. The summed E-state index contributed by atoms with van der Waals surface area (Å²) in [5.74, 6) is 0.161. The number of hydrogen-bond acceptors (Lipinski definition) is 2. The number of nitrogens with one attached hydrogen (secondary N) is 1. The van der Waals surface area contributed by atoms with Gasteiger partial charge in [-0.2, -0.15) is 0 Å². The van der Waals surface area contributed by atoms with Crippen LogP contribution in [0, 0.1) is 27.7 Å². The van der Waals surface area contributed by atoms with Crippen molar-refractivity contribution in [2.75, 3.05) is 5.32 Å². The molecule has 0 aliphatic heterocycles. The first kappa shape index (κ1) is 14.4. The van der Waals surface area contributed by atoms with Gasteiger partial charge in [0.2, 0.25) is 0 Å². The molecule has 1 aromatic heterocycles. The number of carbonyl (C=O) groups excluding carboxylic acids is 1. The summed E-state index contributed by atoms with van der Waals surface area (Å²) in [4.78, 5) is 12.5. The van der Waals surface area contributed by atoms with Gasteiger partial charge in [0.1, 0.15) is 5.58 Å². The van der Waals surface area contributed by atoms with Crippen LogP contribution < -0.4 is 5.32 Å². The average Bonchev–Trinajstić information content (AvgIpc) is 2.79. The smallest absolute Gasteiger partial charge is 0.291 e. The molecule has 2 aromatic carbocycles. The molecule has 3 heteroatoms. The van der Waals surface area contributed by atoms with Gasteiger partial charge in [0, 0.05) is 16.6 Å². The average molecular weight is 293 g/mol. The Morgan fingerprint density at radius 1 is 0.955 bits per heavy atom. The van der Waals surface area contributed by atoms with E-state index in [1.54, 1.807) is 0 Å². The summed E-state index contributed by atoms with van der Waals surface area (Å²) < 4.78 is 5.78. The zero-order valence-corrected chi connectivity index (χ0v) is 13.3. The SMILES string of the molecule is Cc1ccc(NC(=O)c2oc3cc(C)c(C)cc3c2C)cc1. The van der Waals surface area contributed by atoms with Crippen LogP contribution in [0.3, 0.4) is 0 Å². The standard InChI is InChI=1S/C19H19NO2/c1-11-5-7-15(8-6-11)20-19(21)18-14(4)16-9-12(2)13(3)10-17(16)22-18/h5-10H,1-4H3,(H,20,21). The second-order valence-corrected chi connectivity index (χ2v) is 5.81. The van der Waals surface area contributed by atoms with Crippen LogP contribution in [0.1, 0.15) is 32.8 Å². The van der Waals surface area contributed by atoms with Crippen LogP contribution in [0.2, 0.25) is 0 Å². The highest BCUT2D eigenvalue weighted by atomic mass is 16.3. The van der Waals surface area contributed by atoms with E-state index in [0.29, 0.717) is 5.76 Å². The summed E-state index contributed by atoms with van der Waals surface area (Å²) in [6, 6.07) is 11.8. The van der Waals surface area contributed by atoms with Crippen LogP contribution in [-0.2, 0) is 0 Å². The Balaban J connectivity index is 1.97. The topological polar surface area (TPSA) is 42.2 Å². The molecule has 0 radical (unpaired) electrons. The molecule has 112 valence electrons.